The molecular weight excluding hydrogens is 207 g/mol. The lowest BCUT2D eigenvalue weighted by atomic mass is 10.3. The molecule has 0 fully saturated rings. The van der Waals surface area contributed by atoms with Gasteiger partial charge in [0, 0.05) is 6.54 Å². The van der Waals surface area contributed by atoms with Crippen LogP contribution in [0, 0.1) is 0 Å². The first-order valence-electron chi connectivity index (χ1n) is 4.25. The number of nitrogens with two attached hydrogens (primary N) is 1. The maximum atomic E-state index is 12.5. The zero-order valence-corrected chi connectivity index (χ0v) is 8.55. The number of rotatable bonds is 4. The van der Waals surface area contributed by atoms with Crippen LogP contribution in [0.1, 0.15) is 13.3 Å². The monoisotopic (exact) mass is 218 g/mol. The third-order valence-corrected chi connectivity index (χ3v) is 2.02. The molecule has 0 bridgehead atoms. The number of anilines is 2. The maximum Gasteiger partial charge on any atom is 0.150 e. The van der Waals surface area contributed by atoms with Gasteiger partial charge in [0.2, 0.25) is 0 Å². The van der Waals surface area contributed by atoms with E-state index >= 15 is 0 Å². The topological polar surface area (TPSA) is 63.8 Å². The highest BCUT2D eigenvalue weighted by molar-refractivity contribution is 6.35. The summed E-state index contributed by atoms with van der Waals surface area (Å²) in [7, 11) is 0. The molecule has 1 rings (SSSR count). The lowest BCUT2D eigenvalue weighted by Gasteiger charge is -2.07. The van der Waals surface area contributed by atoms with E-state index in [1.54, 1.807) is 0 Å². The molecule has 1 aromatic heterocycles. The Labute approximate surface area is 86.7 Å². The lowest BCUT2D eigenvalue weighted by molar-refractivity contribution is 0.348. The van der Waals surface area contributed by atoms with Crippen LogP contribution in [0.15, 0.2) is 6.33 Å². The van der Waals surface area contributed by atoms with Crippen molar-refractivity contribution < 1.29 is 4.39 Å². The zero-order chi connectivity index (χ0) is 10.6. The first kappa shape index (κ1) is 11.0. The number of aromatic nitrogens is 2. The normalized spacial score (nSPS) is 12.5. The summed E-state index contributed by atoms with van der Waals surface area (Å²) in [6, 6.07) is 0. The fraction of sp³-hybridized carbons (Fsp3) is 0.500. The second-order valence-electron chi connectivity index (χ2n) is 2.92. The Morgan fingerprint density at radius 3 is 3.00 bits per heavy atom. The number of hydrogen-bond donors (Lipinski definition) is 2. The van der Waals surface area contributed by atoms with E-state index in [9.17, 15) is 4.39 Å². The largest absolute Gasteiger partial charge is 0.382 e. The number of alkyl halides is 1. The van der Waals surface area contributed by atoms with Gasteiger partial charge in [-0.2, -0.15) is 0 Å². The maximum absolute atomic E-state index is 12.5. The van der Waals surface area contributed by atoms with Crippen molar-refractivity contribution in [3.63, 3.8) is 0 Å². The van der Waals surface area contributed by atoms with Crippen LogP contribution in [0.3, 0.4) is 0 Å². The molecule has 1 atom stereocenters. The number of nitrogens with zero attached hydrogens (tertiary/aromatic N) is 2. The van der Waals surface area contributed by atoms with Gasteiger partial charge in [-0.1, -0.05) is 11.6 Å². The molecule has 3 N–H and O–H groups in total. The van der Waals surface area contributed by atoms with E-state index in [1.165, 1.54) is 13.3 Å². The average molecular weight is 219 g/mol. The van der Waals surface area contributed by atoms with Gasteiger partial charge in [-0.05, 0) is 13.3 Å². The van der Waals surface area contributed by atoms with E-state index in [4.69, 9.17) is 17.3 Å². The minimum atomic E-state index is -0.847. The van der Waals surface area contributed by atoms with E-state index in [0.717, 1.165) is 0 Å². The molecule has 78 valence electrons. The van der Waals surface area contributed by atoms with E-state index in [0.29, 0.717) is 18.8 Å². The summed E-state index contributed by atoms with van der Waals surface area (Å²) < 4.78 is 12.5. The smallest absolute Gasteiger partial charge is 0.150 e. The quantitative estimate of drug-likeness (QED) is 0.810. The molecule has 4 nitrogen and oxygen atoms in total. The molecule has 0 amide bonds. The van der Waals surface area contributed by atoms with E-state index < -0.39 is 6.17 Å². The molecule has 0 saturated heterocycles. The van der Waals surface area contributed by atoms with Gasteiger partial charge in [-0.25, -0.2) is 14.4 Å². The third-order valence-electron chi connectivity index (χ3n) is 1.65. The molecule has 0 spiro atoms. The summed E-state index contributed by atoms with van der Waals surface area (Å²) in [6.07, 6.45) is 0.864. The van der Waals surface area contributed by atoms with Crippen LogP contribution in [-0.4, -0.2) is 22.7 Å². The van der Waals surface area contributed by atoms with Gasteiger partial charge in [0.25, 0.3) is 0 Å². The highest BCUT2D eigenvalue weighted by Crippen LogP contribution is 2.22. The predicted molar refractivity (Wildman–Crippen MR) is 55.1 cm³/mol. The van der Waals surface area contributed by atoms with Gasteiger partial charge in [0.1, 0.15) is 23.0 Å². The first-order valence-corrected chi connectivity index (χ1v) is 4.63. The molecule has 6 heteroatoms. The highest BCUT2D eigenvalue weighted by Gasteiger charge is 2.05. The Balaban J connectivity index is 2.54. The SMILES string of the molecule is CC(F)CCNc1ncnc(N)c1Cl. The van der Waals surface area contributed by atoms with Crippen molar-refractivity contribution in [1.29, 1.82) is 0 Å². The van der Waals surface area contributed by atoms with Gasteiger partial charge in [0.05, 0.1) is 6.17 Å². The minimum Gasteiger partial charge on any atom is -0.382 e. The predicted octanol–water partition coefficient (Wildman–Crippen LogP) is 1.87. The molecular formula is C8H12ClFN4. The molecule has 0 aliphatic carbocycles. The van der Waals surface area contributed by atoms with Gasteiger partial charge >= 0.3 is 0 Å². The van der Waals surface area contributed by atoms with E-state index in [1.807, 2.05) is 0 Å². The molecule has 1 unspecified atom stereocenters. The van der Waals surface area contributed by atoms with Crippen molar-refractivity contribution in [2.24, 2.45) is 0 Å². The minimum absolute atomic E-state index is 0.220. The first-order chi connectivity index (χ1) is 6.61. The third kappa shape index (κ3) is 2.99. The Bertz CT molecular complexity index is 305. The number of hydrogen-bond acceptors (Lipinski definition) is 4. The molecule has 1 heterocycles. The van der Waals surface area contributed by atoms with Gasteiger partial charge < -0.3 is 11.1 Å². The number of halogens is 2. The summed E-state index contributed by atoms with van der Waals surface area (Å²) in [5.74, 6) is 0.664. The highest BCUT2D eigenvalue weighted by atomic mass is 35.5. The Hall–Kier alpha value is -1.10. The number of nitrogen functional groups attached to an aromatic ring is 1. The summed E-state index contributed by atoms with van der Waals surface area (Å²) in [5.41, 5.74) is 5.46. The fourth-order valence-corrected chi connectivity index (χ4v) is 1.06. The lowest BCUT2D eigenvalue weighted by Crippen LogP contribution is -2.09. The number of nitrogens with one attached hydrogen (secondary N) is 1. The Morgan fingerprint density at radius 1 is 1.64 bits per heavy atom. The molecule has 0 aromatic carbocycles. The summed E-state index contributed by atoms with van der Waals surface area (Å²) in [6.45, 7) is 1.96. The van der Waals surface area contributed by atoms with Crippen molar-refractivity contribution >= 4 is 23.2 Å². The summed E-state index contributed by atoms with van der Waals surface area (Å²) in [4.78, 5) is 7.58. The second-order valence-corrected chi connectivity index (χ2v) is 3.30. The van der Waals surface area contributed by atoms with Gasteiger partial charge in [0.15, 0.2) is 0 Å². The Kier molecular flexibility index (Phi) is 3.88. The van der Waals surface area contributed by atoms with E-state index in [-0.39, 0.29) is 10.8 Å². The molecule has 1 aromatic rings. The van der Waals surface area contributed by atoms with Crippen molar-refractivity contribution in [3.05, 3.63) is 11.3 Å². The van der Waals surface area contributed by atoms with Crippen LogP contribution in [0.2, 0.25) is 5.02 Å². The molecule has 0 radical (unpaired) electrons. The summed E-state index contributed by atoms with van der Waals surface area (Å²) >= 11 is 5.80. The van der Waals surface area contributed by atoms with Crippen LogP contribution < -0.4 is 11.1 Å². The van der Waals surface area contributed by atoms with Crippen LogP contribution in [0.25, 0.3) is 0 Å². The average Bonchev–Trinajstić information content (AvgIpc) is 2.12. The molecule has 0 saturated carbocycles. The molecule has 14 heavy (non-hydrogen) atoms. The molecule has 0 aliphatic heterocycles. The fourth-order valence-electron chi connectivity index (χ4n) is 0.896. The van der Waals surface area contributed by atoms with Crippen molar-refractivity contribution in [2.45, 2.75) is 19.5 Å². The zero-order valence-electron chi connectivity index (χ0n) is 7.80. The summed E-state index contributed by atoms with van der Waals surface area (Å²) in [5, 5.41) is 3.16. The van der Waals surface area contributed by atoms with Crippen molar-refractivity contribution in [2.75, 3.05) is 17.6 Å². The van der Waals surface area contributed by atoms with E-state index in [2.05, 4.69) is 15.3 Å². The van der Waals surface area contributed by atoms with Crippen LogP contribution >= 0.6 is 11.6 Å². The second kappa shape index (κ2) is 4.95. The van der Waals surface area contributed by atoms with Gasteiger partial charge in [-0.3, -0.25) is 0 Å². The van der Waals surface area contributed by atoms with Crippen LogP contribution in [0.5, 0.6) is 0 Å². The van der Waals surface area contributed by atoms with Crippen molar-refractivity contribution in [3.8, 4) is 0 Å². The van der Waals surface area contributed by atoms with Crippen LogP contribution in [-0.2, 0) is 0 Å². The molecule has 0 aliphatic rings. The van der Waals surface area contributed by atoms with Crippen molar-refractivity contribution in [1.82, 2.24) is 9.97 Å². The Morgan fingerprint density at radius 2 is 2.36 bits per heavy atom. The standard InChI is InChI=1S/C8H12ClFN4/c1-5(10)2-3-12-8-6(9)7(11)13-4-14-8/h4-5H,2-3H2,1H3,(H3,11,12,13,14). The van der Waals surface area contributed by atoms with Crippen LogP contribution in [0.4, 0.5) is 16.0 Å². The van der Waals surface area contributed by atoms with Gasteiger partial charge in [-0.15, -0.1) is 0 Å².